The molecule has 0 bridgehead atoms. The van der Waals surface area contributed by atoms with Crippen molar-refractivity contribution in [3.05, 3.63) is 4.91 Å². The van der Waals surface area contributed by atoms with E-state index in [9.17, 15) is 4.91 Å². The molecular weight excluding hydrogens is 90.1 g/mol. The van der Waals surface area contributed by atoms with E-state index in [0.29, 0.717) is 0 Å². The molecule has 0 aliphatic rings. The van der Waals surface area contributed by atoms with Gasteiger partial charge in [0, 0.05) is 0 Å². The lowest BCUT2D eigenvalue weighted by Crippen LogP contribution is -1.92. The van der Waals surface area contributed by atoms with Crippen molar-refractivity contribution >= 4 is 0 Å². The largest absolute Gasteiger partial charge is 0.151 e. The van der Waals surface area contributed by atoms with Gasteiger partial charge in [-0.15, -0.1) is 0 Å². The van der Waals surface area contributed by atoms with E-state index in [4.69, 9.17) is 0 Å². The van der Waals surface area contributed by atoms with E-state index < -0.39 is 0 Å². The Bertz CT molecular complexity index is 54.0. The zero-order valence-corrected chi connectivity index (χ0v) is 4.85. The van der Waals surface area contributed by atoms with Crippen molar-refractivity contribution in [2.75, 3.05) is 0 Å². The highest BCUT2D eigenvalue weighted by Gasteiger charge is 1.94. The molecule has 0 aliphatic heterocycles. The lowest BCUT2D eigenvalue weighted by atomic mass is 10.2. The third-order valence-corrected chi connectivity index (χ3v) is 0.886. The van der Waals surface area contributed by atoms with Gasteiger partial charge in [-0.05, 0) is 13.3 Å². The summed E-state index contributed by atoms with van der Waals surface area (Å²) in [6.45, 7) is 3.87. The van der Waals surface area contributed by atoms with E-state index in [1.165, 1.54) is 0 Å². The molecule has 2 heteroatoms. The Morgan fingerprint density at radius 2 is 2.29 bits per heavy atom. The average Bonchev–Trinajstić information content (AvgIpc) is 1.68. The molecule has 0 saturated carbocycles. The monoisotopic (exact) mass is 101 g/mol. The molecule has 0 radical (unpaired) electrons. The highest BCUT2D eigenvalue weighted by molar-refractivity contribution is 4.54. The first-order valence-electron chi connectivity index (χ1n) is 2.63. The average molecular weight is 101 g/mol. The van der Waals surface area contributed by atoms with Crippen LogP contribution in [0.2, 0.25) is 0 Å². The number of nitroso groups, excluding NO2 is 1. The van der Waals surface area contributed by atoms with E-state index in [-0.39, 0.29) is 6.04 Å². The molecule has 0 saturated heterocycles. The number of hydrogen-bond acceptors (Lipinski definition) is 2. The van der Waals surface area contributed by atoms with Crippen LogP contribution in [-0.4, -0.2) is 6.04 Å². The van der Waals surface area contributed by atoms with Gasteiger partial charge in [-0.2, -0.15) is 4.91 Å². The van der Waals surface area contributed by atoms with Crippen LogP contribution in [0.25, 0.3) is 0 Å². The molecule has 0 fully saturated rings. The van der Waals surface area contributed by atoms with E-state index in [2.05, 4.69) is 5.18 Å². The van der Waals surface area contributed by atoms with Crippen molar-refractivity contribution in [2.24, 2.45) is 5.18 Å². The fourth-order valence-electron chi connectivity index (χ4n) is 0.470. The van der Waals surface area contributed by atoms with Crippen LogP contribution < -0.4 is 0 Å². The Balaban J connectivity index is 2.98. The molecule has 1 atom stereocenters. The summed E-state index contributed by atoms with van der Waals surface area (Å²) in [5.74, 6) is 0. The van der Waals surface area contributed by atoms with E-state index in [0.717, 1.165) is 12.8 Å². The van der Waals surface area contributed by atoms with Crippen molar-refractivity contribution in [2.45, 2.75) is 32.7 Å². The van der Waals surface area contributed by atoms with Crippen molar-refractivity contribution in [3.8, 4) is 0 Å². The maximum absolute atomic E-state index is 9.64. The number of hydrogen-bond donors (Lipinski definition) is 0. The Morgan fingerprint density at radius 3 is 2.43 bits per heavy atom. The van der Waals surface area contributed by atoms with Gasteiger partial charge in [0.1, 0.15) is 0 Å². The molecule has 7 heavy (non-hydrogen) atoms. The van der Waals surface area contributed by atoms with Crippen LogP contribution in [0.15, 0.2) is 5.18 Å². The summed E-state index contributed by atoms with van der Waals surface area (Å²) in [5.41, 5.74) is 0. The number of nitrogens with zero attached hydrogens (tertiary/aromatic N) is 1. The van der Waals surface area contributed by atoms with Crippen LogP contribution in [0.4, 0.5) is 0 Å². The molecule has 0 heterocycles. The molecule has 0 unspecified atom stereocenters. The molecule has 42 valence electrons. The predicted octanol–water partition coefficient (Wildman–Crippen LogP) is 1.94. The predicted molar refractivity (Wildman–Crippen MR) is 30.2 cm³/mol. The quantitative estimate of drug-likeness (QED) is 0.499. The maximum Gasteiger partial charge on any atom is 0.0891 e. The van der Waals surface area contributed by atoms with Gasteiger partial charge in [-0.25, -0.2) is 0 Å². The molecule has 0 rings (SSSR count). The molecule has 0 aromatic heterocycles. The summed E-state index contributed by atoms with van der Waals surface area (Å²) in [5, 5.41) is 2.83. The number of rotatable bonds is 3. The van der Waals surface area contributed by atoms with Crippen molar-refractivity contribution < 1.29 is 0 Å². The summed E-state index contributed by atoms with van der Waals surface area (Å²) in [6, 6.07) is 0.0185. The normalized spacial score (nSPS) is 13.4. The minimum absolute atomic E-state index is 0.0185. The molecule has 0 aromatic rings. The zero-order chi connectivity index (χ0) is 5.70. The van der Waals surface area contributed by atoms with Crippen LogP contribution in [0.3, 0.4) is 0 Å². The van der Waals surface area contributed by atoms with Crippen LogP contribution in [0, 0.1) is 4.91 Å². The summed E-state index contributed by atoms with van der Waals surface area (Å²) >= 11 is 0. The Morgan fingerprint density at radius 1 is 1.71 bits per heavy atom. The molecule has 0 amide bonds. The lowest BCUT2D eigenvalue weighted by Gasteiger charge is -1.93. The first-order valence-corrected chi connectivity index (χ1v) is 2.63. The van der Waals surface area contributed by atoms with Crippen molar-refractivity contribution in [3.63, 3.8) is 0 Å². The van der Waals surface area contributed by atoms with Crippen LogP contribution in [0.5, 0.6) is 0 Å². The summed E-state index contributed by atoms with van der Waals surface area (Å²) in [4.78, 5) is 9.64. The third-order valence-electron chi connectivity index (χ3n) is 0.886. The van der Waals surface area contributed by atoms with Crippen LogP contribution >= 0.6 is 0 Å². The minimum Gasteiger partial charge on any atom is -0.151 e. The zero-order valence-electron chi connectivity index (χ0n) is 4.85. The molecule has 0 spiro atoms. The molecule has 0 aliphatic carbocycles. The van der Waals surface area contributed by atoms with Crippen molar-refractivity contribution in [1.29, 1.82) is 0 Å². The van der Waals surface area contributed by atoms with E-state index >= 15 is 0 Å². The Labute approximate surface area is 43.9 Å². The highest BCUT2D eigenvalue weighted by Crippen LogP contribution is 1.97. The van der Waals surface area contributed by atoms with Crippen LogP contribution in [-0.2, 0) is 0 Å². The fourth-order valence-corrected chi connectivity index (χ4v) is 0.470. The van der Waals surface area contributed by atoms with Gasteiger partial charge in [-0.1, -0.05) is 18.5 Å². The lowest BCUT2D eigenvalue weighted by molar-refractivity contribution is 0.650. The SMILES string of the molecule is CCC[C@@H](C)N=O. The van der Waals surface area contributed by atoms with Gasteiger partial charge in [0.2, 0.25) is 0 Å². The second-order valence-corrected chi connectivity index (χ2v) is 1.74. The first kappa shape index (κ1) is 6.60. The fraction of sp³-hybridized carbons (Fsp3) is 1.00. The Hall–Kier alpha value is -0.400. The summed E-state index contributed by atoms with van der Waals surface area (Å²) in [7, 11) is 0. The van der Waals surface area contributed by atoms with Crippen molar-refractivity contribution in [1.82, 2.24) is 0 Å². The van der Waals surface area contributed by atoms with Gasteiger partial charge < -0.3 is 0 Å². The van der Waals surface area contributed by atoms with Gasteiger partial charge in [0.25, 0.3) is 0 Å². The summed E-state index contributed by atoms with van der Waals surface area (Å²) < 4.78 is 0. The second-order valence-electron chi connectivity index (χ2n) is 1.74. The maximum atomic E-state index is 9.64. The molecular formula is C5H11NO. The van der Waals surface area contributed by atoms with Gasteiger partial charge in [-0.3, -0.25) is 0 Å². The van der Waals surface area contributed by atoms with Gasteiger partial charge in [0.05, 0.1) is 6.04 Å². The van der Waals surface area contributed by atoms with E-state index in [1.807, 2.05) is 13.8 Å². The first-order chi connectivity index (χ1) is 3.31. The third kappa shape index (κ3) is 3.43. The van der Waals surface area contributed by atoms with Gasteiger partial charge >= 0.3 is 0 Å². The molecule has 0 N–H and O–H groups in total. The van der Waals surface area contributed by atoms with Gasteiger partial charge in [0.15, 0.2) is 0 Å². The Kier molecular flexibility index (Phi) is 3.56. The van der Waals surface area contributed by atoms with Crippen LogP contribution in [0.1, 0.15) is 26.7 Å². The van der Waals surface area contributed by atoms with E-state index in [1.54, 1.807) is 0 Å². The summed E-state index contributed by atoms with van der Waals surface area (Å²) in [6.07, 6.45) is 1.97. The highest BCUT2D eigenvalue weighted by atomic mass is 16.3. The standard InChI is InChI=1S/C5H11NO/c1-3-4-5(2)6-7/h5H,3-4H2,1-2H3/t5-/m1/s1. The topological polar surface area (TPSA) is 29.4 Å². The minimum atomic E-state index is 0.0185. The molecule has 2 nitrogen and oxygen atoms in total. The smallest absolute Gasteiger partial charge is 0.0891 e. The second kappa shape index (κ2) is 3.78. The molecule has 0 aromatic carbocycles.